The van der Waals surface area contributed by atoms with Crippen molar-refractivity contribution < 1.29 is 19.0 Å². The van der Waals surface area contributed by atoms with E-state index in [1.807, 2.05) is 25.1 Å². The van der Waals surface area contributed by atoms with Crippen LogP contribution in [0.2, 0.25) is 10.0 Å². The molecule has 1 aromatic carbocycles. The molecule has 1 unspecified atom stereocenters. The van der Waals surface area contributed by atoms with Crippen LogP contribution in [0.1, 0.15) is 18.9 Å². The number of hydrogen-bond acceptors (Lipinski definition) is 5. The minimum Gasteiger partial charge on any atom is -0.463 e. The summed E-state index contributed by atoms with van der Waals surface area (Å²) >= 11 is 11.8. The zero-order valence-electron chi connectivity index (χ0n) is 13.4. The van der Waals surface area contributed by atoms with E-state index < -0.39 is 6.10 Å². The van der Waals surface area contributed by atoms with Gasteiger partial charge >= 0.3 is 0 Å². The fourth-order valence-electron chi connectivity index (χ4n) is 2.30. The Kier molecular flexibility index (Phi) is 5.50. The maximum atomic E-state index is 12.4. The van der Waals surface area contributed by atoms with Gasteiger partial charge < -0.3 is 19.5 Å². The average Bonchev–Trinajstić information content (AvgIpc) is 3.07. The Bertz CT molecular complexity index is 785. The van der Waals surface area contributed by atoms with Crippen LogP contribution >= 0.6 is 23.2 Å². The second-order valence-corrected chi connectivity index (χ2v) is 6.20. The van der Waals surface area contributed by atoms with Gasteiger partial charge in [-0.15, -0.1) is 0 Å². The Morgan fingerprint density at radius 2 is 2.12 bits per heavy atom. The average molecular weight is 383 g/mol. The van der Waals surface area contributed by atoms with Crippen LogP contribution < -0.4 is 19.5 Å². The molecule has 3 rings (SSSR count). The first-order valence-corrected chi connectivity index (χ1v) is 8.46. The molecule has 0 bridgehead atoms. The molecule has 0 aliphatic carbocycles. The normalized spacial score (nSPS) is 13.4. The third-order valence-electron chi connectivity index (χ3n) is 3.59. The van der Waals surface area contributed by atoms with Crippen molar-refractivity contribution in [2.45, 2.75) is 26.0 Å². The Labute approximate surface area is 155 Å². The van der Waals surface area contributed by atoms with Crippen molar-refractivity contribution in [3.8, 4) is 17.4 Å². The summed E-state index contributed by atoms with van der Waals surface area (Å²) in [7, 11) is 0. The van der Waals surface area contributed by atoms with Crippen LogP contribution in [-0.2, 0) is 11.3 Å². The summed E-state index contributed by atoms with van der Waals surface area (Å²) in [5, 5.41) is 3.49. The summed E-state index contributed by atoms with van der Waals surface area (Å²) in [5.41, 5.74) is 0.898. The van der Waals surface area contributed by atoms with E-state index in [1.165, 1.54) is 12.3 Å². The Balaban J connectivity index is 1.60. The number of nitrogens with zero attached hydrogens (tertiary/aromatic N) is 1. The minimum atomic E-state index is -0.708. The summed E-state index contributed by atoms with van der Waals surface area (Å²) in [6.45, 7) is 2.40. The predicted molar refractivity (Wildman–Crippen MR) is 93.4 cm³/mol. The second-order valence-electron chi connectivity index (χ2n) is 5.36. The quantitative estimate of drug-likeness (QED) is 0.826. The maximum absolute atomic E-state index is 12.4. The standard InChI is InChI=1S/C17H16Cl2N2O4/c1-2-13(25-17-12(19)6-11(18)8-21-17)16(22)20-7-10-3-4-14-15(5-10)24-9-23-14/h3-6,8,13H,2,7,9H2,1H3,(H,20,22). The molecule has 1 atom stereocenters. The molecule has 1 N–H and O–H groups in total. The number of fused-ring (bicyclic) bond motifs is 1. The number of hydrogen-bond donors (Lipinski definition) is 1. The molecule has 25 heavy (non-hydrogen) atoms. The number of carbonyl (C=O) groups is 1. The van der Waals surface area contributed by atoms with Crippen molar-refractivity contribution in [3.63, 3.8) is 0 Å². The maximum Gasteiger partial charge on any atom is 0.261 e. The van der Waals surface area contributed by atoms with Gasteiger partial charge in [-0.2, -0.15) is 0 Å². The molecule has 0 saturated carbocycles. The topological polar surface area (TPSA) is 69.7 Å². The molecule has 8 heteroatoms. The molecular formula is C17H16Cl2N2O4. The molecule has 1 aliphatic rings. The van der Waals surface area contributed by atoms with E-state index in [9.17, 15) is 4.79 Å². The van der Waals surface area contributed by atoms with Gasteiger partial charge in [0.25, 0.3) is 5.91 Å². The lowest BCUT2D eigenvalue weighted by Gasteiger charge is -2.17. The third-order valence-corrected chi connectivity index (χ3v) is 4.07. The molecule has 0 fully saturated rings. The van der Waals surface area contributed by atoms with Crippen molar-refractivity contribution in [2.75, 3.05) is 6.79 Å². The van der Waals surface area contributed by atoms with Crippen LogP contribution in [0.25, 0.3) is 0 Å². The molecule has 1 aliphatic heterocycles. The van der Waals surface area contributed by atoms with Gasteiger partial charge in [-0.05, 0) is 30.2 Å². The first-order chi connectivity index (χ1) is 12.1. The van der Waals surface area contributed by atoms with Gasteiger partial charge in [-0.3, -0.25) is 4.79 Å². The van der Waals surface area contributed by atoms with Crippen molar-refractivity contribution in [1.29, 1.82) is 0 Å². The van der Waals surface area contributed by atoms with Gasteiger partial charge in [0.1, 0.15) is 5.02 Å². The van der Waals surface area contributed by atoms with E-state index >= 15 is 0 Å². The Hall–Kier alpha value is -2.18. The lowest BCUT2D eigenvalue weighted by Crippen LogP contribution is -2.37. The van der Waals surface area contributed by atoms with E-state index in [0.717, 1.165) is 5.56 Å². The van der Waals surface area contributed by atoms with E-state index in [-0.39, 0.29) is 23.6 Å². The van der Waals surface area contributed by atoms with Gasteiger partial charge in [0.2, 0.25) is 12.7 Å². The zero-order chi connectivity index (χ0) is 17.8. The molecule has 132 valence electrons. The lowest BCUT2D eigenvalue weighted by atomic mass is 10.2. The SMILES string of the molecule is CCC(Oc1ncc(Cl)cc1Cl)C(=O)NCc1ccc2c(c1)OCO2. The van der Waals surface area contributed by atoms with Crippen molar-refractivity contribution in [1.82, 2.24) is 10.3 Å². The number of ether oxygens (including phenoxy) is 3. The largest absolute Gasteiger partial charge is 0.463 e. The Morgan fingerprint density at radius 3 is 2.88 bits per heavy atom. The molecule has 0 spiro atoms. The molecule has 1 amide bonds. The lowest BCUT2D eigenvalue weighted by molar-refractivity contribution is -0.128. The molecule has 0 radical (unpaired) electrons. The summed E-state index contributed by atoms with van der Waals surface area (Å²) in [4.78, 5) is 16.4. The van der Waals surface area contributed by atoms with Crippen LogP contribution in [-0.4, -0.2) is 23.8 Å². The van der Waals surface area contributed by atoms with E-state index in [1.54, 1.807) is 0 Å². The van der Waals surface area contributed by atoms with Crippen LogP contribution in [0, 0.1) is 0 Å². The van der Waals surface area contributed by atoms with Gasteiger partial charge in [0, 0.05) is 12.7 Å². The second kappa shape index (κ2) is 7.80. The first-order valence-electron chi connectivity index (χ1n) is 7.70. The van der Waals surface area contributed by atoms with Crippen molar-refractivity contribution in [3.05, 3.63) is 46.1 Å². The number of halogens is 2. The molecule has 6 nitrogen and oxygen atoms in total. The van der Waals surface area contributed by atoms with Crippen molar-refractivity contribution >= 4 is 29.1 Å². The zero-order valence-corrected chi connectivity index (χ0v) is 14.9. The highest BCUT2D eigenvalue weighted by Crippen LogP contribution is 2.32. The molecule has 2 aromatic rings. The smallest absolute Gasteiger partial charge is 0.261 e. The summed E-state index contributed by atoms with van der Waals surface area (Å²) < 4.78 is 16.2. The van der Waals surface area contributed by atoms with E-state index in [4.69, 9.17) is 37.4 Å². The number of aromatic nitrogens is 1. The highest BCUT2D eigenvalue weighted by Gasteiger charge is 2.21. The molecule has 1 aromatic heterocycles. The highest BCUT2D eigenvalue weighted by molar-refractivity contribution is 6.35. The van der Waals surface area contributed by atoms with Crippen molar-refractivity contribution in [2.24, 2.45) is 0 Å². The predicted octanol–water partition coefficient (Wildman–Crippen LogP) is 3.59. The van der Waals surface area contributed by atoms with Crippen LogP contribution in [0.4, 0.5) is 0 Å². The van der Waals surface area contributed by atoms with E-state index in [0.29, 0.717) is 29.5 Å². The van der Waals surface area contributed by atoms with Gasteiger partial charge in [0.15, 0.2) is 17.6 Å². The number of carbonyl (C=O) groups excluding carboxylic acids is 1. The van der Waals surface area contributed by atoms with Gasteiger partial charge in [0.05, 0.1) is 5.02 Å². The first kappa shape index (κ1) is 17.6. The van der Waals surface area contributed by atoms with Crippen LogP contribution in [0.5, 0.6) is 17.4 Å². The number of pyridine rings is 1. The molecular weight excluding hydrogens is 367 g/mol. The molecule has 2 heterocycles. The van der Waals surface area contributed by atoms with Gasteiger partial charge in [-0.25, -0.2) is 4.98 Å². The van der Waals surface area contributed by atoms with E-state index in [2.05, 4.69) is 10.3 Å². The third kappa shape index (κ3) is 4.27. The van der Waals surface area contributed by atoms with Gasteiger partial charge in [-0.1, -0.05) is 36.2 Å². The summed E-state index contributed by atoms with van der Waals surface area (Å²) in [5.74, 6) is 1.30. The number of nitrogens with one attached hydrogen (secondary N) is 1. The number of benzene rings is 1. The highest BCUT2D eigenvalue weighted by atomic mass is 35.5. The Morgan fingerprint density at radius 1 is 1.32 bits per heavy atom. The van der Waals surface area contributed by atoms with Crippen LogP contribution in [0.15, 0.2) is 30.5 Å². The summed E-state index contributed by atoms with van der Waals surface area (Å²) in [6, 6.07) is 7.03. The fourth-order valence-corrected chi connectivity index (χ4v) is 2.72. The number of amides is 1. The minimum absolute atomic E-state index is 0.177. The van der Waals surface area contributed by atoms with Crippen LogP contribution in [0.3, 0.4) is 0 Å². The summed E-state index contributed by atoms with van der Waals surface area (Å²) in [6.07, 6.45) is 1.17. The fraction of sp³-hybridized carbons (Fsp3) is 0.294. The number of rotatable bonds is 6. The monoisotopic (exact) mass is 382 g/mol. The molecule has 0 saturated heterocycles.